The second-order valence-corrected chi connectivity index (χ2v) is 11.3. The Morgan fingerprint density at radius 2 is 1.89 bits per heavy atom. The van der Waals surface area contributed by atoms with E-state index in [9.17, 15) is 21.6 Å². The highest BCUT2D eigenvalue weighted by atomic mass is 32.2. The van der Waals surface area contributed by atoms with E-state index in [4.69, 9.17) is 4.74 Å². The quantitative estimate of drug-likeness (QED) is 0.322. The van der Waals surface area contributed by atoms with Gasteiger partial charge in [0.2, 0.25) is 10.2 Å². The number of thiazole rings is 1. The molecule has 0 unspecified atom stereocenters. The normalized spacial score (nSPS) is 12.2. The Labute approximate surface area is 215 Å². The van der Waals surface area contributed by atoms with E-state index in [1.54, 1.807) is 44.4 Å². The number of sulfonamides is 1. The minimum absolute atomic E-state index is 0.0167. The standard InChI is InChI=1S/C23H23F3N6O3S2/c1-13(2)32(37(33,34)22-27-15(4)12-36-22)19-8-7-18(23(24,25)26)10-20(19)35-11-17-6-5-16(9-14(17)3)21-28-30-31-29-21/h5-10,12-13H,11H2,1-4H3,(H,28,29,30,31). The number of hydrogen-bond acceptors (Lipinski definition) is 8. The van der Waals surface area contributed by atoms with Crippen LogP contribution in [0.2, 0.25) is 0 Å². The topological polar surface area (TPSA) is 114 Å². The molecule has 0 aliphatic carbocycles. The third-order valence-corrected chi connectivity index (χ3v) is 8.74. The zero-order chi connectivity index (χ0) is 27.0. The van der Waals surface area contributed by atoms with Crippen molar-refractivity contribution in [2.45, 2.75) is 50.9 Å². The van der Waals surface area contributed by atoms with Crippen LogP contribution in [0, 0.1) is 13.8 Å². The predicted molar refractivity (Wildman–Crippen MR) is 132 cm³/mol. The van der Waals surface area contributed by atoms with Crippen molar-refractivity contribution in [1.82, 2.24) is 25.6 Å². The predicted octanol–water partition coefficient (Wildman–Crippen LogP) is 5.14. The molecule has 1 N–H and O–H groups in total. The number of rotatable bonds is 8. The molecule has 4 aromatic rings. The summed E-state index contributed by atoms with van der Waals surface area (Å²) in [5, 5.41) is 15.4. The molecule has 0 aliphatic rings. The summed E-state index contributed by atoms with van der Waals surface area (Å²) in [5.74, 6) is 0.174. The Hall–Kier alpha value is -3.52. The van der Waals surface area contributed by atoms with E-state index in [-0.39, 0.29) is 22.4 Å². The molecular weight excluding hydrogens is 529 g/mol. The first-order valence-electron chi connectivity index (χ1n) is 11.0. The van der Waals surface area contributed by atoms with E-state index in [1.165, 1.54) is 0 Å². The van der Waals surface area contributed by atoms with Crippen LogP contribution in [0.1, 0.15) is 36.2 Å². The number of halogens is 3. The van der Waals surface area contributed by atoms with E-state index in [0.29, 0.717) is 22.6 Å². The van der Waals surface area contributed by atoms with Gasteiger partial charge in [-0.2, -0.15) is 26.8 Å². The van der Waals surface area contributed by atoms with E-state index in [1.807, 2.05) is 6.92 Å². The maximum Gasteiger partial charge on any atom is 0.416 e. The monoisotopic (exact) mass is 552 g/mol. The number of hydrogen-bond donors (Lipinski definition) is 1. The summed E-state index contributed by atoms with van der Waals surface area (Å²) in [6.07, 6.45) is -4.65. The molecule has 196 valence electrons. The second kappa shape index (κ2) is 10.1. The molecule has 0 radical (unpaired) electrons. The third-order valence-electron chi connectivity index (χ3n) is 5.40. The molecule has 0 spiro atoms. The fraction of sp³-hybridized carbons (Fsp3) is 0.304. The number of ether oxygens (including phenoxy) is 1. The molecule has 37 heavy (non-hydrogen) atoms. The van der Waals surface area contributed by atoms with Gasteiger partial charge in [-0.25, -0.2) is 4.98 Å². The van der Waals surface area contributed by atoms with Crippen LogP contribution in [0.4, 0.5) is 18.9 Å². The summed E-state index contributed by atoms with van der Waals surface area (Å²) in [6, 6.07) is 7.41. The van der Waals surface area contributed by atoms with Crippen LogP contribution < -0.4 is 9.04 Å². The molecule has 0 aliphatic heterocycles. The highest BCUT2D eigenvalue weighted by molar-refractivity contribution is 7.94. The van der Waals surface area contributed by atoms with E-state index >= 15 is 0 Å². The highest BCUT2D eigenvalue weighted by Gasteiger charge is 2.35. The zero-order valence-corrected chi connectivity index (χ0v) is 21.9. The minimum Gasteiger partial charge on any atom is -0.487 e. The molecule has 14 heteroatoms. The number of nitrogens with one attached hydrogen (secondary N) is 1. The highest BCUT2D eigenvalue weighted by Crippen LogP contribution is 2.40. The number of aromatic amines is 1. The fourth-order valence-electron chi connectivity index (χ4n) is 3.64. The van der Waals surface area contributed by atoms with Gasteiger partial charge in [-0.1, -0.05) is 12.1 Å². The van der Waals surface area contributed by atoms with Crippen molar-refractivity contribution >= 4 is 27.0 Å². The number of aryl methyl sites for hydroxylation is 2. The average molecular weight is 553 g/mol. The van der Waals surface area contributed by atoms with Gasteiger partial charge in [0, 0.05) is 22.7 Å². The molecule has 4 rings (SSSR count). The number of tetrazole rings is 1. The summed E-state index contributed by atoms with van der Waals surface area (Å²) in [6.45, 7) is 6.62. The molecule has 2 heterocycles. The van der Waals surface area contributed by atoms with Crippen molar-refractivity contribution in [1.29, 1.82) is 0 Å². The van der Waals surface area contributed by atoms with E-state index in [2.05, 4.69) is 25.6 Å². The Kier molecular flexibility index (Phi) is 7.24. The van der Waals surface area contributed by atoms with E-state index < -0.39 is 27.8 Å². The van der Waals surface area contributed by atoms with Crippen molar-refractivity contribution in [2.75, 3.05) is 4.31 Å². The summed E-state index contributed by atoms with van der Waals surface area (Å²) >= 11 is 0.944. The van der Waals surface area contributed by atoms with Gasteiger partial charge in [-0.15, -0.1) is 21.5 Å². The smallest absolute Gasteiger partial charge is 0.416 e. The van der Waals surface area contributed by atoms with Crippen LogP contribution in [0.5, 0.6) is 5.75 Å². The number of H-pyrrole nitrogens is 1. The number of anilines is 1. The van der Waals surface area contributed by atoms with Crippen molar-refractivity contribution in [2.24, 2.45) is 0 Å². The summed E-state index contributed by atoms with van der Waals surface area (Å²) < 4.78 is 74.4. The van der Waals surface area contributed by atoms with Crippen molar-refractivity contribution in [3.8, 4) is 17.1 Å². The van der Waals surface area contributed by atoms with Gasteiger partial charge in [0.25, 0.3) is 10.0 Å². The molecule has 0 fully saturated rings. The largest absolute Gasteiger partial charge is 0.487 e. The lowest BCUT2D eigenvalue weighted by Crippen LogP contribution is -2.37. The third kappa shape index (κ3) is 5.59. The number of alkyl halides is 3. The van der Waals surface area contributed by atoms with Crippen LogP contribution in [0.25, 0.3) is 11.4 Å². The van der Waals surface area contributed by atoms with Gasteiger partial charge >= 0.3 is 6.18 Å². The summed E-state index contributed by atoms with van der Waals surface area (Å²) in [4.78, 5) is 4.08. The van der Waals surface area contributed by atoms with Crippen molar-refractivity contribution in [3.63, 3.8) is 0 Å². The molecule has 0 saturated carbocycles. The first kappa shape index (κ1) is 26.5. The molecule has 9 nitrogen and oxygen atoms in total. The fourth-order valence-corrected chi connectivity index (χ4v) is 6.43. The Balaban J connectivity index is 1.73. The van der Waals surface area contributed by atoms with Crippen LogP contribution in [-0.2, 0) is 22.8 Å². The minimum atomic E-state index is -4.65. The molecule has 2 aromatic heterocycles. The van der Waals surface area contributed by atoms with Gasteiger partial charge in [0.1, 0.15) is 12.4 Å². The Bertz CT molecular complexity index is 1500. The van der Waals surface area contributed by atoms with Gasteiger partial charge in [-0.05, 0) is 68.3 Å². The molecular formula is C23H23F3N6O3S2. The maximum absolute atomic E-state index is 13.6. The Morgan fingerprint density at radius 3 is 2.46 bits per heavy atom. The maximum atomic E-state index is 13.6. The van der Waals surface area contributed by atoms with Gasteiger partial charge in [0.15, 0.2) is 0 Å². The van der Waals surface area contributed by atoms with Crippen molar-refractivity contribution in [3.05, 3.63) is 64.2 Å². The molecule has 0 saturated heterocycles. The number of aromatic nitrogens is 5. The summed E-state index contributed by atoms with van der Waals surface area (Å²) in [5.41, 5.74) is 1.72. The lowest BCUT2D eigenvalue weighted by Gasteiger charge is -2.29. The molecule has 0 atom stereocenters. The molecule has 0 bridgehead atoms. The van der Waals surface area contributed by atoms with Gasteiger partial charge in [-0.3, -0.25) is 4.31 Å². The van der Waals surface area contributed by atoms with Crippen LogP contribution in [0.15, 0.2) is 46.1 Å². The first-order chi connectivity index (χ1) is 17.4. The lowest BCUT2D eigenvalue weighted by molar-refractivity contribution is -0.137. The Morgan fingerprint density at radius 1 is 1.14 bits per heavy atom. The zero-order valence-electron chi connectivity index (χ0n) is 20.2. The SMILES string of the molecule is Cc1csc(S(=O)(=O)N(c2ccc(C(F)(F)F)cc2OCc2ccc(-c3nn[nH]n3)cc2C)C(C)C)n1. The van der Waals surface area contributed by atoms with Crippen LogP contribution in [-0.4, -0.2) is 40.1 Å². The second-order valence-electron chi connectivity index (χ2n) is 8.50. The van der Waals surface area contributed by atoms with Gasteiger partial charge < -0.3 is 4.74 Å². The number of nitrogens with zero attached hydrogens (tertiary/aromatic N) is 5. The van der Waals surface area contributed by atoms with Gasteiger partial charge in [0.05, 0.1) is 11.3 Å². The summed E-state index contributed by atoms with van der Waals surface area (Å²) in [7, 11) is -4.17. The lowest BCUT2D eigenvalue weighted by atomic mass is 10.1. The number of benzene rings is 2. The van der Waals surface area contributed by atoms with Crippen molar-refractivity contribution < 1.29 is 26.3 Å². The van der Waals surface area contributed by atoms with Crippen LogP contribution >= 0.6 is 11.3 Å². The molecule has 2 aromatic carbocycles. The molecule has 0 amide bonds. The van der Waals surface area contributed by atoms with E-state index in [0.717, 1.165) is 39.4 Å². The van der Waals surface area contributed by atoms with Crippen LogP contribution in [0.3, 0.4) is 0 Å². The average Bonchev–Trinajstić information content (AvgIpc) is 3.50. The first-order valence-corrected chi connectivity index (χ1v) is 13.3.